The Morgan fingerprint density at radius 3 is 2.71 bits per heavy atom. The van der Waals surface area contributed by atoms with Gasteiger partial charge in [-0.3, -0.25) is 15.0 Å². The molecule has 0 bridgehead atoms. The van der Waals surface area contributed by atoms with Crippen molar-refractivity contribution in [2.75, 3.05) is 37.7 Å². The van der Waals surface area contributed by atoms with Gasteiger partial charge < -0.3 is 9.64 Å². The van der Waals surface area contributed by atoms with Crippen molar-refractivity contribution in [2.45, 2.75) is 0 Å². The summed E-state index contributed by atoms with van der Waals surface area (Å²) in [5, 5.41) is 3.38. The number of hydrogen-bond donors (Lipinski definition) is 0. The highest BCUT2D eigenvalue weighted by Gasteiger charge is 2.20. The highest BCUT2D eigenvalue weighted by atomic mass is 16.5. The third-order valence-corrected chi connectivity index (χ3v) is 5.95. The molecule has 6 heteroatoms. The Kier molecular flexibility index (Phi) is 4.43. The van der Waals surface area contributed by atoms with Crippen molar-refractivity contribution in [1.82, 2.24) is 15.0 Å². The van der Waals surface area contributed by atoms with Crippen LogP contribution in [-0.2, 0) is 4.74 Å². The van der Waals surface area contributed by atoms with Crippen molar-refractivity contribution in [2.24, 2.45) is 4.99 Å². The third kappa shape index (κ3) is 3.16. The molecule has 152 valence electrons. The van der Waals surface area contributed by atoms with Gasteiger partial charge in [0.15, 0.2) is 0 Å². The summed E-state index contributed by atoms with van der Waals surface area (Å²) in [6, 6.07) is 12.6. The van der Waals surface area contributed by atoms with Gasteiger partial charge in [0.25, 0.3) is 0 Å². The van der Waals surface area contributed by atoms with Crippen molar-refractivity contribution in [3.63, 3.8) is 0 Å². The first-order chi connectivity index (χ1) is 15.4. The maximum absolute atomic E-state index is 5.57. The SMILES string of the molecule is C1=NCC(c2nccc3c(-c4cncc5ccccc45)cc(N4CCOCC4)nc23)=C1. The van der Waals surface area contributed by atoms with Gasteiger partial charge in [0.1, 0.15) is 5.82 Å². The van der Waals surface area contributed by atoms with Gasteiger partial charge in [0.05, 0.1) is 31.0 Å². The molecule has 0 aliphatic carbocycles. The van der Waals surface area contributed by atoms with Gasteiger partial charge in [-0.1, -0.05) is 24.3 Å². The first-order valence-corrected chi connectivity index (χ1v) is 10.5. The average Bonchev–Trinajstić information content (AvgIpc) is 3.38. The summed E-state index contributed by atoms with van der Waals surface area (Å²) >= 11 is 0. The molecule has 0 N–H and O–H groups in total. The van der Waals surface area contributed by atoms with Gasteiger partial charge in [-0.25, -0.2) is 4.98 Å². The molecule has 2 aliphatic rings. The molecule has 0 radical (unpaired) electrons. The Balaban J connectivity index is 1.65. The van der Waals surface area contributed by atoms with Crippen molar-refractivity contribution >= 4 is 39.3 Å². The van der Waals surface area contributed by atoms with Gasteiger partial charge in [0, 0.05) is 59.8 Å². The zero-order chi connectivity index (χ0) is 20.6. The fourth-order valence-corrected chi connectivity index (χ4v) is 4.38. The van der Waals surface area contributed by atoms with Crippen LogP contribution >= 0.6 is 0 Å². The molecule has 0 amide bonds. The van der Waals surface area contributed by atoms with Gasteiger partial charge in [-0.2, -0.15) is 0 Å². The van der Waals surface area contributed by atoms with Gasteiger partial charge in [0.2, 0.25) is 0 Å². The number of morpholine rings is 1. The van der Waals surface area contributed by atoms with Crippen LogP contribution in [0, 0.1) is 0 Å². The van der Waals surface area contributed by atoms with Gasteiger partial charge in [-0.15, -0.1) is 0 Å². The number of aliphatic imine (C=N–C) groups is 1. The van der Waals surface area contributed by atoms with Crippen LogP contribution in [0.5, 0.6) is 0 Å². The van der Waals surface area contributed by atoms with Crippen molar-refractivity contribution in [3.8, 4) is 11.1 Å². The maximum atomic E-state index is 5.57. The Labute approximate surface area is 179 Å². The second kappa shape index (κ2) is 7.56. The largest absolute Gasteiger partial charge is 0.378 e. The number of anilines is 1. The van der Waals surface area contributed by atoms with E-state index in [4.69, 9.17) is 14.7 Å². The van der Waals surface area contributed by atoms with E-state index in [1.807, 2.05) is 36.9 Å². The van der Waals surface area contributed by atoms with Crippen LogP contribution in [0.1, 0.15) is 5.69 Å². The second-order valence-corrected chi connectivity index (χ2v) is 7.77. The Hall–Kier alpha value is -3.64. The number of nitrogens with zero attached hydrogens (tertiary/aromatic N) is 5. The van der Waals surface area contributed by atoms with Gasteiger partial charge in [-0.05, 0) is 29.2 Å². The highest BCUT2D eigenvalue weighted by Crippen LogP contribution is 2.37. The number of hydrogen-bond acceptors (Lipinski definition) is 6. The van der Waals surface area contributed by atoms with Crippen LogP contribution in [0.4, 0.5) is 5.82 Å². The van der Waals surface area contributed by atoms with Crippen LogP contribution in [0.25, 0.3) is 38.4 Å². The number of rotatable bonds is 3. The Morgan fingerprint density at radius 2 is 1.84 bits per heavy atom. The first kappa shape index (κ1) is 18.2. The van der Waals surface area contributed by atoms with Crippen LogP contribution in [0.15, 0.2) is 66.1 Å². The number of allylic oxidation sites excluding steroid dienone is 1. The lowest BCUT2D eigenvalue weighted by Gasteiger charge is -2.28. The predicted molar refractivity (Wildman–Crippen MR) is 125 cm³/mol. The monoisotopic (exact) mass is 407 g/mol. The zero-order valence-electron chi connectivity index (χ0n) is 17.0. The second-order valence-electron chi connectivity index (χ2n) is 7.77. The van der Waals surface area contributed by atoms with E-state index in [0.29, 0.717) is 19.8 Å². The summed E-state index contributed by atoms with van der Waals surface area (Å²) in [5.41, 5.74) is 5.14. The molecule has 5 heterocycles. The topological polar surface area (TPSA) is 63.5 Å². The third-order valence-electron chi connectivity index (χ3n) is 5.95. The summed E-state index contributed by atoms with van der Waals surface area (Å²) in [5.74, 6) is 0.951. The fraction of sp³-hybridized carbons (Fsp3) is 0.200. The van der Waals surface area contributed by atoms with Crippen LogP contribution in [0.2, 0.25) is 0 Å². The molecule has 6 nitrogen and oxygen atoms in total. The van der Waals surface area contributed by atoms with E-state index in [-0.39, 0.29) is 0 Å². The molecular formula is C25H21N5O. The van der Waals surface area contributed by atoms with Gasteiger partial charge >= 0.3 is 0 Å². The van der Waals surface area contributed by atoms with Crippen molar-refractivity contribution < 1.29 is 4.74 Å². The number of ether oxygens (including phenoxy) is 1. The summed E-state index contributed by atoms with van der Waals surface area (Å²) in [4.78, 5) is 21.0. The summed E-state index contributed by atoms with van der Waals surface area (Å²) < 4.78 is 5.57. The lowest BCUT2D eigenvalue weighted by molar-refractivity contribution is 0.122. The van der Waals surface area contributed by atoms with Crippen LogP contribution in [0.3, 0.4) is 0 Å². The molecule has 31 heavy (non-hydrogen) atoms. The molecule has 1 fully saturated rings. The minimum absolute atomic E-state index is 0.640. The quantitative estimate of drug-likeness (QED) is 0.511. The summed E-state index contributed by atoms with van der Waals surface area (Å²) in [7, 11) is 0. The first-order valence-electron chi connectivity index (χ1n) is 10.5. The number of pyridine rings is 3. The van der Waals surface area contributed by atoms with E-state index in [2.05, 4.69) is 45.2 Å². The lowest BCUT2D eigenvalue weighted by atomic mass is 9.96. The van der Waals surface area contributed by atoms with E-state index in [0.717, 1.165) is 57.6 Å². The number of fused-ring (bicyclic) bond motifs is 2. The zero-order valence-corrected chi connectivity index (χ0v) is 17.0. The molecule has 0 atom stereocenters. The molecule has 0 spiro atoms. The highest BCUT2D eigenvalue weighted by molar-refractivity contribution is 6.07. The molecule has 4 aromatic rings. The predicted octanol–water partition coefficient (Wildman–Crippen LogP) is 4.15. The Bertz CT molecular complexity index is 1350. The molecular weight excluding hydrogens is 386 g/mol. The minimum atomic E-state index is 0.640. The van der Waals surface area contributed by atoms with Crippen molar-refractivity contribution in [1.29, 1.82) is 0 Å². The maximum Gasteiger partial charge on any atom is 0.130 e. The number of aromatic nitrogens is 3. The molecule has 2 aliphatic heterocycles. The van der Waals surface area contributed by atoms with Crippen LogP contribution in [-0.4, -0.2) is 54.0 Å². The van der Waals surface area contributed by atoms with E-state index < -0.39 is 0 Å². The van der Waals surface area contributed by atoms with E-state index in [9.17, 15) is 0 Å². The molecule has 1 saturated heterocycles. The molecule has 0 saturated carbocycles. The van der Waals surface area contributed by atoms with E-state index >= 15 is 0 Å². The molecule has 3 aromatic heterocycles. The summed E-state index contributed by atoms with van der Waals surface area (Å²) in [6.45, 7) is 3.72. The van der Waals surface area contributed by atoms with Crippen LogP contribution < -0.4 is 4.90 Å². The molecule has 6 rings (SSSR count). The molecule has 0 unspecified atom stereocenters. The van der Waals surface area contributed by atoms with E-state index in [1.54, 1.807) is 0 Å². The smallest absolute Gasteiger partial charge is 0.130 e. The summed E-state index contributed by atoms with van der Waals surface area (Å²) in [6.07, 6.45) is 9.62. The van der Waals surface area contributed by atoms with E-state index in [1.165, 1.54) is 5.39 Å². The molecule has 1 aromatic carbocycles. The van der Waals surface area contributed by atoms with Crippen molar-refractivity contribution in [3.05, 3.63) is 66.8 Å². The lowest BCUT2D eigenvalue weighted by Crippen LogP contribution is -2.36. The normalized spacial score (nSPS) is 16.3. The average molecular weight is 407 g/mol. The standard InChI is InChI=1S/C25H21N5O/c1-2-4-19-17(3-1)14-27-16-22(19)21-13-23(30-9-11-31-12-10-30)29-25-20(21)6-8-28-24(25)18-5-7-26-15-18/h1-8,13-14,16H,9-12,15H2. The fourth-order valence-electron chi connectivity index (χ4n) is 4.38. The minimum Gasteiger partial charge on any atom is -0.378 e. The Morgan fingerprint density at radius 1 is 0.935 bits per heavy atom. The number of benzene rings is 1.